The topological polar surface area (TPSA) is 35.8 Å². The van der Waals surface area contributed by atoms with Gasteiger partial charge in [-0.15, -0.1) is 70.8 Å². The van der Waals surface area contributed by atoms with Crippen molar-refractivity contribution in [2.45, 2.75) is 13.8 Å². The predicted octanol–water partition coefficient (Wildman–Crippen LogP) is 3.44. The average Bonchev–Trinajstić information content (AvgIpc) is 3.25. The summed E-state index contributed by atoms with van der Waals surface area (Å²) in [7, 11) is 3.98. The van der Waals surface area contributed by atoms with E-state index in [4.69, 9.17) is 0 Å². The van der Waals surface area contributed by atoms with E-state index in [1.54, 1.807) is 12.4 Å². The van der Waals surface area contributed by atoms with Crippen LogP contribution >= 0.6 is 0 Å². The molecule has 2 heterocycles. The molecule has 4 nitrogen and oxygen atoms in total. The van der Waals surface area contributed by atoms with Crippen LogP contribution in [0.15, 0.2) is 61.2 Å². The molecule has 0 amide bonds. The number of rotatable bonds is 2. The van der Waals surface area contributed by atoms with Gasteiger partial charge in [-0.05, 0) is 0 Å². The number of benzene rings is 2. The van der Waals surface area contributed by atoms with Crippen LogP contribution in [0.2, 0.25) is 0 Å². The van der Waals surface area contributed by atoms with Crippen LogP contribution in [0.4, 0.5) is 0 Å². The number of aromatic nitrogens is 4. The third-order valence-electron chi connectivity index (χ3n) is 4.22. The van der Waals surface area contributed by atoms with Gasteiger partial charge in [-0.2, -0.15) is 0 Å². The van der Waals surface area contributed by atoms with Crippen LogP contribution in [0.3, 0.4) is 0 Å². The largest absolute Gasteiger partial charge is 0.373 e. The minimum atomic E-state index is 0. The minimum Gasteiger partial charge on any atom is -0.373 e. The number of aryl methyl sites for hydroxylation is 4. The van der Waals surface area contributed by atoms with Gasteiger partial charge < -0.3 is 9.13 Å². The molecule has 0 bridgehead atoms. The third kappa shape index (κ3) is 4.84. The molecule has 0 aliphatic heterocycles. The number of hydrogen-bond acceptors (Lipinski definition) is 1. The monoisotopic (exact) mass is 537 g/mol. The summed E-state index contributed by atoms with van der Waals surface area (Å²) < 4.78 is 4.00. The predicted molar refractivity (Wildman–Crippen MR) is 102 cm³/mol. The summed E-state index contributed by atoms with van der Waals surface area (Å²) in [5, 5.41) is 0. The molecule has 0 fully saturated rings. The second-order valence-corrected chi connectivity index (χ2v) is 6.18. The van der Waals surface area contributed by atoms with E-state index in [0.717, 1.165) is 22.8 Å². The van der Waals surface area contributed by atoms with Crippen molar-refractivity contribution in [3.8, 4) is 22.8 Å². The zero-order chi connectivity index (χ0) is 18.5. The smallest absolute Gasteiger partial charge is 0.0558 e. The van der Waals surface area contributed by atoms with Crippen molar-refractivity contribution in [3.05, 3.63) is 84.4 Å². The molecule has 5 heteroatoms. The van der Waals surface area contributed by atoms with Crippen molar-refractivity contribution in [2.75, 3.05) is 0 Å². The Morgan fingerprint density at radius 3 is 2.15 bits per heavy atom. The zero-order valence-electron chi connectivity index (χ0n) is 15.9. The summed E-state index contributed by atoms with van der Waals surface area (Å²) in [5.41, 5.74) is 4.57. The Morgan fingerprint density at radius 1 is 1.04 bits per heavy atom. The number of imidazole rings is 2. The normalized spacial score (nSPS) is 9.93. The molecule has 2 aromatic heterocycles. The molecule has 0 radical (unpaired) electrons. The average molecular weight is 538 g/mol. The molecule has 0 N–H and O–H groups in total. The molecule has 142 valence electrons. The van der Waals surface area contributed by atoms with Crippen LogP contribution in [0, 0.1) is 26.0 Å². The van der Waals surface area contributed by atoms with Gasteiger partial charge in [0.1, 0.15) is 0 Å². The maximum Gasteiger partial charge on any atom is 0.0558 e. The van der Waals surface area contributed by atoms with E-state index in [2.05, 4.69) is 48.1 Å². The van der Waals surface area contributed by atoms with E-state index in [0.29, 0.717) is 0 Å². The summed E-state index contributed by atoms with van der Waals surface area (Å²) in [6.07, 6.45) is 7.48. The first-order valence-corrected chi connectivity index (χ1v) is 8.48. The van der Waals surface area contributed by atoms with Crippen molar-refractivity contribution in [1.82, 2.24) is 14.5 Å². The van der Waals surface area contributed by atoms with Crippen molar-refractivity contribution in [2.24, 2.45) is 14.1 Å². The number of nitrogens with zero attached hydrogens (tertiary/aromatic N) is 4. The van der Waals surface area contributed by atoms with Gasteiger partial charge in [0.05, 0.1) is 11.6 Å². The summed E-state index contributed by atoms with van der Waals surface area (Å²) in [6, 6.07) is 18.3. The summed E-state index contributed by atoms with van der Waals surface area (Å²) in [5.74, 6) is 1.94. The third-order valence-corrected chi connectivity index (χ3v) is 4.22. The Balaban J connectivity index is 0.000000187. The van der Waals surface area contributed by atoms with Crippen LogP contribution in [-0.4, -0.2) is 9.55 Å². The first-order chi connectivity index (χ1) is 12.6. The molecule has 0 aliphatic carbocycles. The molecule has 4 aromatic rings. The Hall–Kier alpha value is -2.45. The van der Waals surface area contributed by atoms with Crippen molar-refractivity contribution < 1.29 is 25.6 Å². The van der Waals surface area contributed by atoms with Gasteiger partial charge in [0.15, 0.2) is 0 Å². The molecule has 0 saturated carbocycles. The molecule has 2 aromatic carbocycles. The molecule has 27 heavy (non-hydrogen) atoms. The van der Waals surface area contributed by atoms with Crippen LogP contribution in [0.1, 0.15) is 11.1 Å². The van der Waals surface area contributed by atoms with Gasteiger partial charge in [0.2, 0.25) is 0 Å². The quantitative estimate of drug-likeness (QED) is 0.290. The summed E-state index contributed by atoms with van der Waals surface area (Å²) in [4.78, 5) is 8.56. The molecule has 0 atom stereocenters. The van der Waals surface area contributed by atoms with E-state index in [9.17, 15) is 0 Å². The van der Waals surface area contributed by atoms with Crippen molar-refractivity contribution in [1.29, 1.82) is 0 Å². The fourth-order valence-electron chi connectivity index (χ4n) is 2.74. The van der Waals surface area contributed by atoms with E-state index < -0.39 is 0 Å². The van der Waals surface area contributed by atoms with Gasteiger partial charge >= 0.3 is 0 Å². The van der Waals surface area contributed by atoms with Crippen LogP contribution in [0.5, 0.6) is 0 Å². The first kappa shape index (κ1) is 20.9. The molecule has 0 aliphatic rings. The van der Waals surface area contributed by atoms with E-state index in [1.165, 1.54) is 11.1 Å². The van der Waals surface area contributed by atoms with Crippen LogP contribution in [-0.2, 0) is 35.2 Å². The van der Waals surface area contributed by atoms with Crippen molar-refractivity contribution >= 4 is 0 Å². The maximum absolute atomic E-state index is 4.28. The van der Waals surface area contributed by atoms with E-state index in [-0.39, 0.29) is 21.1 Å². The van der Waals surface area contributed by atoms with Gasteiger partial charge in [-0.1, -0.05) is 13.8 Å². The summed E-state index contributed by atoms with van der Waals surface area (Å²) in [6.45, 7) is 4.14. The fraction of sp³-hybridized carbons (Fsp3) is 0.182. The molecule has 4 rings (SSSR count). The Bertz CT molecular complexity index is 919. The SMILES string of the molecule is Cc1ccc[c-]c1-c1[n-]cc[n+]1C.Cc1ccc[c-]c1-c1nccn1C.[Pt]. The minimum absolute atomic E-state index is 0. The molecular formula is C22H22N4Pt-2. The first-order valence-electron chi connectivity index (χ1n) is 8.48. The second kappa shape index (κ2) is 9.47. The summed E-state index contributed by atoms with van der Waals surface area (Å²) >= 11 is 0. The van der Waals surface area contributed by atoms with Gasteiger partial charge in [-0.3, -0.25) is 9.97 Å². The van der Waals surface area contributed by atoms with E-state index in [1.807, 2.05) is 59.9 Å². The van der Waals surface area contributed by atoms with Crippen LogP contribution in [0.25, 0.3) is 22.8 Å². The van der Waals surface area contributed by atoms with E-state index >= 15 is 0 Å². The Morgan fingerprint density at radius 2 is 1.67 bits per heavy atom. The molecule has 0 unspecified atom stereocenters. The zero-order valence-corrected chi connectivity index (χ0v) is 18.2. The molecule has 0 saturated heterocycles. The maximum atomic E-state index is 4.28. The Labute approximate surface area is 175 Å². The standard InChI is InChI=1S/2C11H11N2.Pt/c2*1-9-5-3-4-6-10(9)11-12-7-8-13(11)2;/h2*3-5,7-8H,1-2H3;/q2*-1;. The molecule has 0 spiro atoms. The number of hydrogen-bond donors (Lipinski definition) is 0. The second-order valence-electron chi connectivity index (χ2n) is 6.18. The van der Waals surface area contributed by atoms with Crippen molar-refractivity contribution in [3.63, 3.8) is 0 Å². The molecular weight excluding hydrogens is 515 g/mol. The van der Waals surface area contributed by atoms with Gasteiger partial charge in [0.25, 0.3) is 0 Å². The fourth-order valence-corrected chi connectivity index (χ4v) is 2.74. The Kier molecular flexibility index (Phi) is 7.32. The van der Waals surface area contributed by atoms with Gasteiger partial charge in [0, 0.05) is 59.9 Å². The van der Waals surface area contributed by atoms with Crippen LogP contribution < -0.4 is 9.55 Å². The van der Waals surface area contributed by atoms with Gasteiger partial charge in [-0.25, -0.2) is 0 Å².